The van der Waals surface area contributed by atoms with Crippen LogP contribution in [-0.2, 0) is 23.8 Å². The highest BCUT2D eigenvalue weighted by Gasteiger charge is 2.38. The van der Waals surface area contributed by atoms with Gasteiger partial charge in [-0.2, -0.15) is 0 Å². The van der Waals surface area contributed by atoms with Crippen molar-refractivity contribution in [2.45, 2.75) is 42.6 Å². The lowest BCUT2D eigenvalue weighted by Crippen LogP contribution is -2.48. The zero-order chi connectivity index (χ0) is 14.4. The van der Waals surface area contributed by atoms with Gasteiger partial charge in [0.25, 0.3) is 0 Å². The van der Waals surface area contributed by atoms with Crippen molar-refractivity contribution < 1.29 is 23.8 Å². The number of nitrogens with zero attached hydrogens (tertiary/aromatic N) is 3. The Balaban J connectivity index is 2.74. The number of carbonyl (C=O) groups excluding carboxylic acids is 2. The van der Waals surface area contributed by atoms with Gasteiger partial charge in [-0.05, 0) is 5.53 Å². The smallest absolute Gasteiger partial charge is 0.302 e. The number of esters is 2. The van der Waals surface area contributed by atoms with E-state index in [1.165, 1.54) is 13.8 Å². The van der Waals surface area contributed by atoms with E-state index in [-0.39, 0.29) is 10.5 Å². The van der Waals surface area contributed by atoms with Gasteiger partial charge < -0.3 is 14.2 Å². The molecular weight excluding hydrogens is 369 g/mol. The van der Waals surface area contributed by atoms with Gasteiger partial charge in [-0.15, -0.1) is 0 Å². The lowest BCUT2D eigenvalue weighted by molar-refractivity contribution is -0.178. The van der Waals surface area contributed by atoms with Crippen molar-refractivity contribution in [1.82, 2.24) is 0 Å². The molecule has 0 aromatic carbocycles. The van der Waals surface area contributed by atoms with E-state index in [0.29, 0.717) is 6.42 Å². The molecule has 4 atom stereocenters. The second kappa shape index (κ2) is 7.51. The molecule has 0 N–H and O–H groups in total. The van der Waals surface area contributed by atoms with Crippen molar-refractivity contribution in [3.8, 4) is 0 Å². The van der Waals surface area contributed by atoms with Crippen LogP contribution in [0, 0.1) is 0 Å². The van der Waals surface area contributed by atoms with Crippen LogP contribution in [0.15, 0.2) is 5.11 Å². The maximum Gasteiger partial charge on any atom is 0.302 e. The molecule has 0 aromatic heterocycles. The van der Waals surface area contributed by atoms with Crippen molar-refractivity contribution in [1.29, 1.82) is 0 Å². The van der Waals surface area contributed by atoms with Crippen LogP contribution in [0.1, 0.15) is 20.3 Å². The zero-order valence-electron chi connectivity index (χ0n) is 10.5. The van der Waals surface area contributed by atoms with Crippen LogP contribution in [0.3, 0.4) is 0 Å². The molecule has 9 heteroatoms. The van der Waals surface area contributed by atoms with E-state index in [9.17, 15) is 9.59 Å². The average Bonchev–Trinajstić information content (AvgIpc) is 2.30. The Hall–Kier alpha value is -1.06. The molecule has 0 saturated carbocycles. The summed E-state index contributed by atoms with van der Waals surface area (Å²) in [5, 5.41) is 3.53. The molecule has 1 aliphatic rings. The molecule has 0 radical (unpaired) electrons. The number of azide groups is 1. The molecule has 1 saturated heterocycles. The first-order valence-corrected chi connectivity index (χ1v) is 6.83. The fourth-order valence-electron chi connectivity index (χ4n) is 1.68. The minimum Gasteiger partial charge on any atom is -0.463 e. The molecular formula is C10H14IN3O5. The van der Waals surface area contributed by atoms with Crippen LogP contribution in [0.5, 0.6) is 0 Å². The predicted molar refractivity (Wildman–Crippen MR) is 72.4 cm³/mol. The van der Waals surface area contributed by atoms with Crippen molar-refractivity contribution >= 4 is 34.5 Å². The SMILES string of the molecule is CC(=O)OCC1OC(N=[N+]=[N-])C(I)CC1OC(C)=O. The minimum absolute atomic E-state index is 0.0475. The molecule has 19 heavy (non-hydrogen) atoms. The van der Waals surface area contributed by atoms with E-state index in [0.717, 1.165) is 0 Å². The molecule has 4 unspecified atom stereocenters. The third-order valence-corrected chi connectivity index (χ3v) is 3.55. The summed E-state index contributed by atoms with van der Waals surface area (Å²) in [6.07, 6.45) is -1.35. The van der Waals surface area contributed by atoms with E-state index in [4.69, 9.17) is 19.7 Å². The molecule has 106 valence electrons. The first kappa shape index (κ1) is 16.0. The zero-order valence-corrected chi connectivity index (χ0v) is 12.6. The van der Waals surface area contributed by atoms with Gasteiger partial charge >= 0.3 is 11.9 Å². The van der Waals surface area contributed by atoms with E-state index < -0.39 is 30.4 Å². The summed E-state index contributed by atoms with van der Waals surface area (Å²) < 4.78 is 15.4. The molecule has 8 nitrogen and oxygen atoms in total. The summed E-state index contributed by atoms with van der Waals surface area (Å²) >= 11 is 2.07. The molecule has 0 bridgehead atoms. The Bertz CT molecular complexity index is 399. The first-order chi connectivity index (χ1) is 8.93. The van der Waals surface area contributed by atoms with Crippen LogP contribution >= 0.6 is 22.6 Å². The number of carbonyl (C=O) groups is 2. The van der Waals surface area contributed by atoms with Crippen LogP contribution in [-0.4, -0.2) is 40.9 Å². The van der Waals surface area contributed by atoms with Gasteiger partial charge in [0, 0.05) is 29.1 Å². The number of rotatable bonds is 4. The Kier molecular flexibility index (Phi) is 6.32. The number of alkyl halides is 1. The topological polar surface area (TPSA) is 111 Å². The van der Waals surface area contributed by atoms with E-state index in [1.54, 1.807) is 0 Å². The Morgan fingerprint density at radius 2 is 2.16 bits per heavy atom. The van der Waals surface area contributed by atoms with Crippen LogP contribution in [0.2, 0.25) is 0 Å². The molecule has 1 aliphatic heterocycles. The molecule has 1 heterocycles. The third-order valence-electron chi connectivity index (χ3n) is 2.43. The largest absolute Gasteiger partial charge is 0.463 e. The van der Waals surface area contributed by atoms with Crippen molar-refractivity contribution in [3.63, 3.8) is 0 Å². The maximum atomic E-state index is 11.0. The number of hydrogen-bond donors (Lipinski definition) is 0. The Morgan fingerprint density at radius 3 is 2.68 bits per heavy atom. The van der Waals surface area contributed by atoms with Gasteiger partial charge in [-0.1, -0.05) is 27.7 Å². The van der Waals surface area contributed by atoms with E-state index in [2.05, 4.69) is 32.6 Å². The molecule has 0 amide bonds. The first-order valence-electron chi connectivity index (χ1n) is 5.58. The average molecular weight is 383 g/mol. The lowest BCUT2D eigenvalue weighted by Gasteiger charge is -2.36. The van der Waals surface area contributed by atoms with Gasteiger partial charge in [-0.3, -0.25) is 9.59 Å². The lowest BCUT2D eigenvalue weighted by atomic mass is 10.0. The molecule has 0 aromatic rings. The predicted octanol–water partition coefficient (Wildman–Crippen LogP) is 1.71. The van der Waals surface area contributed by atoms with Gasteiger partial charge in [0.1, 0.15) is 25.0 Å². The van der Waals surface area contributed by atoms with Crippen molar-refractivity contribution in [2.24, 2.45) is 5.11 Å². The molecule has 1 fully saturated rings. The minimum atomic E-state index is -0.669. The van der Waals surface area contributed by atoms with E-state index in [1.807, 2.05) is 0 Å². The normalized spacial score (nSPS) is 30.1. The second-order valence-corrected chi connectivity index (χ2v) is 5.57. The number of ether oxygens (including phenoxy) is 3. The number of halogens is 1. The van der Waals surface area contributed by atoms with E-state index >= 15 is 0 Å². The third kappa shape index (κ3) is 5.21. The molecule has 1 rings (SSSR count). The summed E-state index contributed by atoms with van der Waals surface area (Å²) in [5.74, 6) is -0.894. The summed E-state index contributed by atoms with van der Waals surface area (Å²) in [7, 11) is 0. The quantitative estimate of drug-likeness (QED) is 0.183. The second-order valence-electron chi connectivity index (χ2n) is 3.97. The Labute approximate surface area is 123 Å². The Morgan fingerprint density at radius 1 is 1.47 bits per heavy atom. The van der Waals surface area contributed by atoms with Crippen molar-refractivity contribution in [2.75, 3.05) is 6.61 Å². The highest BCUT2D eigenvalue weighted by atomic mass is 127. The fraction of sp³-hybridized carbons (Fsp3) is 0.800. The van der Waals surface area contributed by atoms with Gasteiger partial charge in [-0.25, -0.2) is 0 Å². The van der Waals surface area contributed by atoms with Crippen LogP contribution in [0.25, 0.3) is 10.4 Å². The maximum absolute atomic E-state index is 11.0. The monoisotopic (exact) mass is 383 g/mol. The van der Waals surface area contributed by atoms with Crippen LogP contribution < -0.4 is 0 Å². The van der Waals surface area contributed by atoms with Crippen LogP contribution in [0.4, 0.5) is 0 Å². The van der Waals surface area contributed by atoms with Gasteiger partial charge in [0.05, 0.1) is 0 Å². The molecule has 0 spiro atoms. The number of hydrogen-bond acceptors (Lipinski definition) is 6. The fourth-order valence-corrected chi connectivity index (χ4v) is 2.49. The summed E-state index contributed by atoms with van der Waals surface area (Å²) in [5.41, 5.74) is 8.46. The standard InChI is InChI=1S/C10H14IN3O5/c1-5(15)17-4-9-8(18-6(2)16)3-7(11)10(19-9)13-14-12/h7-10H,3-4H2,1-2H3. The molecule has 0 aliphatic carbocycles. The highest BCUT2D eigenvalue weighted by molar-refractivity contribution is 14.1. The summed E-state index contributed by atoms with van der Waals surface area (Å²) in [4.78, 5) is 24.6. The summed E-state index contributed by atoms with van der Waals surface area (Å²) in [6, 6.07) is 0. The van der Waals surface area contributed by atoms with Crippen molar-refractivity contribution in [3.05, 3.63) is 10.4 Å². The highest BCUT2D eigenvalue weighted by Crippen LogP contribution is 2.29. The van der Waals surface area contributed by atoms with Gasteiger partial charge in [0.15, 0.2) is 0 Å². The van der Waals surface area contributed by atoms with Gasteiger partial charge in [0.2, 0.25) is 0 Å². The summed E-state index contributed by atoms with van der Waals surface area (Å²) in [6.45, 7) is 2.52.